The van der Waals surface area contributed by atoms with Gasteiger partial charge in [-0.15, -0.1) is 0 Å². The Morgan fingerprint density at radius 3 is 2.88 bits per heavy atom. The number of epoxide rings is 1. The van der Waals surface area contributed by atoms with E-state index in [4.69, 9.17) is 13.9 Å². The molecule has 4 rings (SSSR count). The smallest absolute Gasteiger partial charge is 0.309 e. The zero-order chi connectivity index (χ0) is 18.2. The third kappa shape index (κ3) is 2.00. The van der Waals surface area contributed by atoms with Gasteiger partial charge in [0.15, 0.2) is 0 Å². The summed E-state index contributed by atoms with van der Waals surface area (Å²) < 4.78 is 18.0. The molecule has 1 spiro atoms. The van der Waals surface area contributed by atoms with Gasteiger partial charge >= 0.3 is 5.97 Å². The van der Waals surface area contributed by atoms with Gasteiger partial charge in [-0.3, -0.25) is 4.79 Å². The highest BCUT2D eigenvalue weighted by Gasteiger charge is 2.79. The summed E-state index contributed by atoms with van der Waals surface area (Å²) in [4.78, 5) is 12.7. The van der Waals surface area contributed by atoms with Crippen LogP contribution in [0.2, 0.25) is 0 Å². The molecule has 1 N–H and O–H groups in total. The van der Waals surface area contributed by atoms with Gasteiger partial charge in [-0.05, 0) is 38.7 Å². The summed E-state index contributed by atoms with van der Waals surface area (Å²) in [5.41, 5.74) is -0.310. The van der Waals surface area contributed by atoms with Gasteiger partial charge < -0.3 is 19.0 Å². The summed E-state index contributed by atoms with van der Waals surface area (Å²) in [6, 6.07) is 0. The minimum Gasteiger partial charge on any atom is -0.469 e. The van der Waals surface area contributed by atoms with Crippen LogP contribution in [-0.2, 0) is 20.7 Å². The zero-order valence-electron chi connectivity index (χ0n) is 15.7. The van der Waals surface area contributed by atoms with Crippen LogP contribution in [0.1, 0.15) is 69.9 Å². The average molecular weight is 348 g/mol. The quantitative estimate of drug-likeness (QED) is 0.669. The number of rotatable bonds is 3. The number of hydrogen-bond donors (Lipinski definition) is 1. The Morgan fingerprint density at radius 1 is 1.48 bits per heavy atom. The van der Waals surface area contributed by atoms with Crippen LogP contribution < -0.4 is 0 Å². The molecular weight excluding hydrogens is 320 g/mol. The predicted octanol–water partition coefficient (Wildman–Crippen LogP) is 3.46. The van der Waals surface area contributed by atoms with Gasteiger partial charge in [0.05, 0.1) is 29.3 Å². The molecule has 6 atom stereocenters. The largest absolute Gasteiger partial charge is 0.469 e. The highest BCUT2D eigenvalue weighted by atomic mass is 16.6. The topological polar surface area (TPSA) is 72.2 Å². The molecule has 5 heteroatoms. The number of aryl methyl sites for hydroxylation is 1. The van der Waals surface area contributed by atoms with E-state index in [1.807, 2.05) is 34.6 Å². The number of ether oxygens (including phenoxy) is 2. The Balaban J connectivity index is 1.85. The Bertz CT molecular complexity index is 720. The lowest BCUT2D eigenvalue weighted by molar-refractivity contribution is -0.204. The van der Waals surface area contributed by atoms with Crippen molar-refractivity contribution in [2.45, 2.75) is 83.7 Å². The Kier molecular flexibility index (Phi) is 3.49. The van der Waals surface area contributed by atoms with Gasteiger partial charge in [-0.25, -0.2) is 0 Å². The van der Waals surface area contributed by atoms with Gasteiger partial charge in [0, 0.05) is 12.0 Å². The van der Waals surface area contributed by atoms with E-state index >= 15 is 0 Å². The fraction of sp³-hybridized carbons (Fsp3) is 0.750. The van der Waals surface area contributed by atoms with E-state index in [1.165, 1.54) is 0 Å². The lowest BCUT2D eigenvalue weighted by Crippen LogP contribution is -2.63. The molecule has 0 radical (unpaired) electrons. The minimum absolute atomic E-state index is 0.0982. The minimum atomic E-state index is -0.984. The maximum Gasteiger partial charge on any atom is 0.309 e. The van der Waals surface area contributed by atoms with Crippen LogP contribution in [0, 0.1) is 18.3 Å². The summed E-state index contributed by atoms with van der Waals surface area (Å²) >= 11 is 0. The van der Waals surface area contributed by atoms with E-state index in [0.717, 1.165) is 29.7 Å². The van der Waals surface area contributed by atoms with Crippen LogP contribution in [-0.4, -0.2) is 28.4 Å². The third-order valence-corrected chi connectivity index (χ3v) is 7.27. The first kappa shape index (κ1) is 17.1. The van der Waals surface area contributed by atoms with Gasteiger partial charge in [0.25, 0.3) is 0 Å². The third-order valence-electron chi connectivity index (χ3n) is 7.27. The monoisotopic (exact) mass is 348 g/mol. The van der Waals surface area contributed by atoms with Crippen LogP contribution in [0.4, 0.5) is 0 Å². The second-order valence-electron chi connectivity index (χ2n) is 8.57. The Labute approximate surface area is 148 Å². The molecule has 0 bridgehead atoms. The van der Waals surface area contributed by atoms with Gasteiger partial charge in [-0.1, -0.05) is 20.8 Å². The van der Waals surface area contributed by atoms with E-state index in [-0.39, 0.29) is 18.0 Å². The maximum absolute atomic E-state index is 12.7. The first-order chi connectivity index (χ1) is 11.7. The van der Waals surface area contributed by atoms with Crippen LogP contribution in [0.15, 0.2) is 10.7 Å². The lowest BCUT2D eigenvalue weighted by Gasteiger charge is -2.55. The maximum atomic E-state index is 12.7. The van der Waals surface area contributed by atoms with E-state index < -0.39 is 22.7 Å². The number of furan rings is 1. The first-order valence-electron chi connectivity index (χ1n) is 9.35. The molecule has 3 aliphatic rings. The molecule has 1 saturated carbocycles. The normalized spacial score (nSPS) is 42.8. The molecular formula is C20H28O5. The first-order valence-corrected chi connectivity index (χ1v) is 9.35. The summed E-state index contributed by atoms with van der Waals surface area (Å²) in [7, 11) is 0. The number of esters is 1. The second-order valence-corrected chi connectivity index (χ2v) is 8.57. The molecule has 1 saturated heterocycles. The fourth-order valence-corrected chi connectivity index (χ4v) is 5.04. The van der Waals surface area contributed by atoms with Crippen molar-refractivity contribution in [1.82, 2.24) is 0 Å². The molecule has 0 aromatic carbocycles. The highest BCUT2D eigenvalue weighted by molar-refractivity contribution is 5.72. The van der Waals surface area contributed by atoms with Gasteiger partial charge in [-0.2, -0.15) is 0 Å². The highest BCUT2D eigenvalue weighted by Crippen LogP contribution is 2.70. The van der Waals surface area contributed by atoms with Crippen LogP contribution in [0.25, 0.3) is 0 Å². The number of carbonyl (C=O) groups is 1. The second kappa shape index (κ2) is 5.10. The molecule has 2 aliphatic carbocycles. The molecule has 0 unspecified atom stereocenters. The van der Waals surface area contributed by atoms with E-state index in [1.54, 1.807) is 6.26 Å². The number of aliphatic hydroxyl groups is 1. The summed E-state index contributed by atoms with van der Waals surface area (Å²) in [5.74, 6) is 0.426. The Hall–Kier alpha value is -1.33. The van der Waals surface area contributed by atoms with Gasteiger partial charge in [0.1, 0.15) is 17.5 Å². The molecule has 2 heterocycles. The molecule has 0 amide bonds. The summed E-state index contributed by atoms with van der Waals surface area (Å²) in [5, 5.41) is 11.4. The molecule has 1 aromatic heterocycles. The van der Waals surface area contributed by atoms with Crippen molar-refractivity contribution < 1.29 is 23.8 Å². The number of hydrogen-bond acceptors (Lipinski definition) is 5. The SMILES string of the molecule is CC[C@@H](C)C(=O)O[C@H]1c2c(C)coc2C[C@@]23O[C@@H]2CC[C@@](C)(O)[C@@]13C. The molecule has 1 aromatic rings. The van der Waals surface area contributed by atoms with Crippen molar-refractivity contribution in [3.05, 3.63) is 23.2 Å². The molecule has 5 nitrogen and oxygen atoms in total. The molecule has 25 heavy (non-hydrogen) atoms. The van der Waals surface area contributed by atoms with Crippen LogP contribution in [0.5, 0.6) is 0 Å². The lowest BCUT2D eigenvalue weighted by atomic mass is 9.51. The van der Waals surface area contributed by atoms with Crippen molar-refractivity contribution in [2.24, 2.45) is 11.3 Å². The fourth-order valence-electron chi connectivity index (χ4n) is 5.04. The van der Waals surface area contributed by atoms with E-state index in [9.17, 15) is 9.90 Å². The summed E-state index contributed by atoms with van der Waals surface area (Å²) in [6.07, 6.45) is 4.07. The van der Waals surface area contributed by atoms with E-state index in [2.05, 4.69) is 0 Å². The van der Waals surface area contributed by atoms with Gasteiger partial charge in [0.2, 0.25) is 0 Å². The molecule has 1 aliphatic heterocycles. The predicted molar refractivity (Wildman–Crippen MR) is 91.0 cm³/mol. The van der Waals surface area contributed by atoms with Crippen LogP contribution in [0.3, 0.4) is 0 Å². The van der Waals surface area contributed by atoms with Crippen molar-refractivity contribution in [3.8, 4) is 0 Å². The van der Waals surface area contributed by atoms with Crippen molar-refractivity contribution in [3.63, 3.8) is 0 Å². The van der Waals surface area contributed by atoms with Crippen molar-refractivity contribution in [2.75, 3.05) is 0 Å². The Morgan fingerprint density at radius 2 is 2.20 bits per heavy atom. The molecule has 2 fully saturated rings. The van der Waals surface area contributed by atoms with Crippen LogP contribution >= 0.6 is 0 Å². The zero-order valence-corrected chi connectivity index (χ0v) is 15.7. The van der Waals surface area contributed by atoms with Crippen molar-refractivity contribution in [1.29, 1.82) is 0 Å². The standard InChI is InChI=1S/C20H28O5/c1-6-11(2)17(21)24-16-15-12(3)10-23-13(15)9-20-14(25-20)7-8-18(4,22)19(16,20)5/h10-11,14,16,22H,6-9H2,1-5H3/t11-,14-,16+,18-,19-,20-/m1/s1. The number of carbonyl (C=O) groups excluding carboxylic acids is 1. The van der Waals surface area contributed by atoms with Crippen molar-refractivity contribution >= 4 is 5.97 Å². The molecule has 138 valence electrons. The summed E-state index contributed by atoms with van der Waals surface area (Å²) in [6.45, 7) is 9.70. The number of fused-ring (bicyclic) bond motifs is 1. The van der Waals surface area contributed by atoms with E-state index in [0.29, 0.717) is 12.8 Å². The average Bonchev–Trinajstić information content (AvgIpc) is 3.16.